The monoisotopic (exact) mass is 270 g/mol. The zero-order valence-corrected chi connectivity index (χ0v) is 12.5. The van der Waals surface area contributed by atoms with E-state index in [0.717, 1.165) is 42.1 Å². The summed E-state index contributed by atoms with van der Waals surface area (Å²) in [5.74, 6) is 1.81. The minimum Gasteiger partial charge on any atom is -0.497 e. The van der Waals surface area contributed by atoms with Crippen LogP contribution in [0.15, 0.2) is 42.5 Å². The van der Waals surface area contributed by atoms with Gasteiger partial charge in [-0.15, -0.1) is 0 Å². The Labute approximate surface area is 121 Å². The van der Waals surface area contributed by atoms with Gasteiger partial charge in [-0.2, -0.15) is 0 Å². The van der Waals surface area contributed by atoms with Crippen LogP contribution in [0, 0.1) is 0 Å². The molecule has 0 aliphatic carbocycles. The minimum absolute atomic E-state index is 0.739. The molecule has 20 heavy (non-hydrogen) atoms. The zero-order chi connectivity index (χ0) is 14.4. The first-order valence-corrected chi connectivity index (χ1v) is 7.18. The van der Waals surface area contributed by atoms with Crippen LogP contribution in [0.2, 0.25) is 0 Å². The molecule has 0 atom stereocenters. The normalized spacial score (nSPS) is 10.3. The fraction of sp³-hybridized carbons (Fsp3) is 0.333. The van der Waals surface area contributed by atoms with Crippen molar-refractivity contribution < 1.29 is 9.47 Å². The second kappa shape index (κ2) is 6.99. The largest absolute Gasteiger partial charge is 0.497 e. The SMILES string of the molecule is CCCOc1ccc(CC)cc1-c1cccc(OC)c1. The van der Waals surface area contributed by atoms with Gasteiger partial charge in [-0.3, -0.25) is 0 Å². The van der Waals surface area contributed by atoms with E-state index in [4.69, 9.17) is 9.47 Å². The Morgan fingerprint density at radius 3 is 2.55 bits per heavy atom. The molecule has 2 rings (SSSR count). The summed E-state index contributed by atoms with van der Waals surface area (Å²) in [6.07, 6.45) is 2.03. The molecule has 0 saturated carbocycles. The molecule has 0 N–H and O–H groups in total. The molecule has 2 aromatic rings. The molecule has 0 saturated heterocycles. The van der Waals surface area contributed by atoms with Gasteiger partial charge in [-0.1, -0.05) is 32.0 Å². The molecule has 0 fully saturated rings. The van der Waals surface area contributed by atoms with E-state index in [1.165, 1.54) is 5.56 Å². The molecule has 0 aliphatic heterocycles. The smallest absolute Gasteiger partial charge is 0.127 e. The summed E-state index contributed by atoms with van der Waals surface area (Å²) in [7, 11) is 1.69. The van der Waals surface area contributed by atoms with E-state index < -0.39 is 0 Å². The molecule has 106 valence electrons. The van der Waals surface area contributed by atoms with Crippen LogP contribution < -0.4 is 9.47 Å². The lowest BCUT2D eigenvalue weighted by atomic mass is 10.0. The van der Waals surface area contributed by atoms with Crippen molar-refractivity contribution in [2.24, 2.45) is 0 Å². The van der Waals surface area contributed by atoms with Gasteiger partial charge in [0.05, 0.1) is 13.7 Å². The first-order chi connectivity index (χ1) is 9.78. The number of hydrogen-bond acceptors (Lipinski definition) is 2. The van der Waals surface area contributed by atoms with Gasteiger partial charge in [0.1, 0.15) is 11.5 Å². The van der Waals surface area contributed by atoms with Gasteiger partial charge in [-0.25, -0.2) is 0 Å². The first kappa shape index (κ1) is 14.4. The highest BCUT2D eigenvalue weighted by Crippen LogP contribution is 2.33. The van der Waals surface area contributed by atoms with Crippen LogP contribution in [-0.4, -0.2) is 13.7 Å². The van der Waals surface area contributed by atoms with Crippen LogP contribution in [0.3, 0.4) is 0 Å². The Morgan fingerprint density at radius 2 is 1.85 bits per heavy atom. The Balaban J connectivity index is 2.44. The van der Waals surface area contributed by atoms with Gasteiger partial charge in [0.15, 0.2) is 0 Å². The van der Waals surface area contributed by atoms with Crippen LogP contribution in [0.25, 0.3) is 11.1 Å². The third kappa shape index (κ3) is 3.32. The van der Waals surface area contributed by atoms with E-state index in [1.54, 1.807) is 7.11 Å². The Morgan fingerprint density at radius 1 is 1.00 bits per heavy atom. The van der Waals surface area contributed by atoms with Crippen LogP contribution in [0.4, 0.5) is 0 Å². The van der Waals surface area contributed by atoms with Crippen molar-refractivity contribution in [2.45, 2.75) is 26.7 Å². The van der Waals surface area contributed by atoms with Gasteiger partial charge >= 0.3 is 0 Å². The number of methoxy groups -OCH3 is 1. The third-order valence-electron chi connectivity index (χ3n) is 3.29. The summed E-state index contributed by atoms with van der Waals surface area (Å²) in [5, 5.41) is 0. The number of aryl methyl sites for hydroxylation is 1. The van der Waals surface area contributed by atoms with E-state index in [-0.39, 0.29) is 0 Å². The second-order valence-electron chi connectivity index (χ2n) is 4.76. The molecule has 0 aromatic heterocycles. The molecule has 2 nitrogen and oxygen atoms in total. The van der Waals surface area contributed by atoms with Gasteiger partial charge in [0.2, 0.25) is 0 Å². The van der Waals surface area contributed by atoms with Gasteiger partial charge in [0, 0.05) is 5.56 Å². The van der Waals surface area contributed by atoms with E-state index in [0.29, 0.717) is 0 Å². The highest BCUT2D eigenvalue weighted by atomic mass is 16.5. The number of hydrogen-bond donors (Lipinski definition) is 0. The summed E-state index contributed by atoms with van der Waals surface area (Å²) in [6, 6.07) is 14.5. The van der Waals surface area contributed by atoms with Crippen LogP contribution in [0.5, 0.6) is 11.5 Å². The predicted octanol–water partition coefficient (Wildman–Crippen LogP) is 4.71. The standard InChI is InChI=1S/C18H22O2/c1-4-11-20-18-10-9-14(5-2)12-17(18)15-7-6-8-16(13-15)19-3/h6-10,12-13H,4-5,11H2,1-3H3. The number of benzene rings is 2. The zero-order valence-electron chi connectivity index (χ0n) is 12.5. The molecule has 0 aliphatic rings. The van der Waals surface area contributed by atoms with Gasteiger partial charge in [0.25, 0.3) is 0 Å². The summed E-state index contributed by atoms with van der Waals surface area (Å²) < 4.78 is 11.2. The molecule has 2 aromatic carbocycles. The summed E-state index contributed by atoms with van der Waals surface area (Å²) in [4.78, 5) is 0. The highest BCUT2D eigenvalue weighted by molar-refractivity contribution is 5.72. The Hall–Kier alpha value is -1.96. The maximum Gasteiger partial charge on any atom is 0.127 e. The Bertz CT molecular complexity index is 561. The third-order valence-corrected chi connectivity index (χ3v) is 3.29. The first-order valence-electron chi connectivity index (χ1n) is 7.18. The Kier molecular flexibility index (Phi) is 5.05. The van der Waals surface area contributed by atoms with E-state index >= 15 is 0 Å². The average Bonchev–Trinajstić information content (AvgIpc) is 2.52. The van der Waals surface area contributed by atoms with Crippen LogP contribution in [-0.2, 0) is 6.42 Å². The van der Waals surface area contributed by atoms with Crippen molar-refractivity contribution in [3.8, 4) is 22.6 Å². The number of rotatable bonds is 6. The van der Waals surface area contributed by atoms with Gasteiger partial charge < -0.3 is 9.47 Å². The van der Waals surface area contributed by atoms with Crippen molar-refractivity contribution >= 4 is 0 Å². The maximum absolute atomic E-state index is 5.87. The molecular weight excluding hydrogens is 248 g/mol. The van der Waals surface area contributed by atoms with Crippen molar-refractivity contribution in [3.05, 3.63) is 48.0 Å². The van der Waals surface area contributed by atoms with E-state index in [9.17, 15) is 0 Å². The van der Waals surface area contributed by atoms with Crippen molar-refractivity contribution in [2.75, 3.05) is 13.7 Å². The molecule has 0 unspecified atom stereocenters. The highest BCUT2D eigenvalue weighted by Gasteiger charge is 2.08. The van der Waals surface area contributed by atoms with Crippen molar-refractivity contribution in [1.82, 2.24) is 0 Å². The molecule has 2 heteroatoms. The quantitative estimate of drug-likeness (QED) is 0.756. The summed E-state index contributed by atoms with van der Waals surface area (Å²) >= 11 is 0. The fourth-order valence-corrected chi connectivity index (χ4v) is 2.15. The van der Waals surface area contributed by atoms with Crippen molar-refractivity contribution in [1.29, 1.82) is 0 Å². The molecule has 0 bridgehead atoms. The lowest BCUT2D eigenvalue weighted by Gasteiger charge is -2.13. The summed E-state index contributed by atoms with van der Waals surface area (Å²) in [6.45, 7) is 5.02. The predicted molar refractivity (Wildman–Crippen MR) is 83.6 cm³/mol. The average molecular weight is 270 g/mol. The lowest BCUT2D eigenvalue weighted by Crippen LogP contribution is -1.98. The lowest BCUT2D eigenvalue weighted by molar-refractivity contribution is 0.318. The second-order valence-corrected chi connectivity index (χ2v) is 4.76. The topological polar surface area (TPSA) is 18.5 Å². The van der Waals surface area contributed by atoms with E-state index in [2.05, 4.69) is 38.1 Å². The molecule has 0 amide bonds. The molecular formula is C18H22O2. The van der Waals surface area contributed by atoms with E-state index in [1.807, 2.05) is 18.2 Å². The van der Waals surface area contributed by atoms with Crippen molar-refractivity contribution in [3.63, 3.8) is 0 Å². The molecule has 0 heterocycles. The fourth-order valence-electron chi connectivity index (χ4n) is 2.15. The maximum atomic E-state index is 5.87. The minimum atomic E-state index is 0.739. The van der Waals surface area contributed by atoms with Crippen LogP contribution >= 0.6 is 0 Å². The number of ether oxygens (including phenoxy) is 2. The molecule has 0 spiro atoms. The molecule has 0 radical (unpaired) electrons. The summed E-state index contributed by atoms with van der Waals surface area (Å²) in [5.41, 5.74) is 3.58. The van der Waals surface area contributed by atoms with Crippen LogP contribution in [0.1, 0.15) is 25.8 Å². The van der Waals surface area contributed by atoms with Gasteiger partial charge in [-0.05, 0) is 48.2 Å².